The first kappa shape index (κ1) is 14.6. The van der Waals surface area contributed by atoms with Crippen molar-refractivity contribution in [2.45, 2.75) is 50.7 Å². The molecule has 2 fully saturated rings. The minimum Gasteiger partial charge on any atom is -0.339 e. The summed E-state index contributed by atoms with van der Waals surface area (Å²) in [5.74, 6) is 0.104. The zero-order chi connectivity index (χ0) is 16.0. The van der Waals surface area contributed by atoms with E-state index in [9.17, 15) is 4.79 Å². The van der Waals surface area contributed by atoms with Crippen molar-refractivity contribution >= 4 is 16.8 Å². The number of carbonyl (C=O) groups excluding carboxylic acids is 1. The Morgan fingerprint density at radius 2 is 1.91 bits per heavy atom. The van der Waals surface area contributed by atoms with E-state index in [1.54, 1.807) is 6.20 Å². The monoisotopic (exact) mass is 309 g/mol. The fourth-order valence-electron chi connectivity index (χ4n) is 4.19. The molecule has 3 heterocycles. The van der Waals surface area contributed by atoms with E-state index < -0.39 is 0 Å². The van der Waals surface area contributed by atoms with Gasteiger partial charge in [0.2, 0.25) is 0 Å². The average molecular weight is 309 g/mol. The molecule has 2 unspecified atom stereocenters. The van der Waals surface area contributed by atoms with Gasteiger partial charge in [-0.15, -0.1) is 0 Å². The van der Waals surface area contributed by atoms with Gasteiger partial charge in [0.1, 0.15) is 0 Å². The van der Waals surface area contributed by atoms with Crippen molar-refractivity contribution in [2.24, 2.45) is 0 Å². The second-order valence-corrected chi connectivity index (χ2v) is 6.99. The van der Waals surface area contributed by atoms with Crippen molar-refractivity contribution in [3.8, 4) is 0 Å². The highest BCUT2D eigenvalue weighted by atomic mass is 16.2. The Labute approximate surface area is 136 Å². The van der Waals surface area contributed by atoms with Crippen LogP contribution >= 0.6 is 0 Å². The van der Waals surface area contributed by atoms with E-state index in [1.165, 1.54) is 12.8 Å². The number of aryl methyl sites for hydroxylation is 1. The fourth-order valence-corrected chi connectivity index (χ4v) is 4.19. The summed E-state index contributed by atoms with van der Waals surface area (Å²) in [4.78, 5) is 19.4. The largest absolute Gasteiger partial charge is 0.339 e. The van der Waals surface area contributed by atoms with Gasteiger partial charge in [-0.3, -0.25) is 9.78 Å². The molecule has 1 amide bonds. The maximum absolute atomic E-state index is 13.0. The zero-order valence-electron chi connectivity index (χ0n) is 13.7. The second kappa shape index (κ2) is 5.60. The van der Waals surface area contributed by atoms with Crippen LogP contribution in [0.3, 0.4) is 0 Å². The molecule has 0 saturated carbocycles. The van der Waals surface area contributed by atoms with Gasteiger partial charge in [0.15, 0.2) is 0 Å². The normalized spacial score (nSPS) is 26.4. The zero-order valence-corrected chi connectivity index (χ0v) is 13.7. The number of nitrogens with zero attached hydrogens (tertiary/aromatic N) is 2. The lowest BCUT2D eigenvalue weighted by molar-refractivity contribution is 0.0681. The topological polar surface area (TPSA) is 45.2 Å². The van der Waals surface area contributed by atoms with Crippen molar-refractivity contribution < 1.29 is 4.79 Å². The Hall–Kier alpha value is -1.94. The summed E-state index contributed by atoms with van der Waals surface area (Å²) in [6.07, 6.45) is 6.38. The molecule has 0 radical (unpaired) electrons. The Morgan fingerprint density at radius 1 is 1.22 bits per heavy atom. The average Bonchev–Trinajstić information content (AvgIpc) is 2.92. The highest BCUT2D eigenvalue weighted by molar-refractivity contribution is 6.00. The molecule has 4 rings (SSSR count). The molecule has 1 N–H and O–H groups in total. The van der Waals surface area contributed by atoms with Gasteiger partial charge in [0, 0.05) is 36.8 Å². The van der Waals surface area contributed by atoms with Gasteiger partial charge in [-0.2, -0.15) is 0 Å². The standard InChI is InChI=1S/C19H23N3O/c1-12-16-5-3-4-6-18(16)20-11-17(12)19(23)22(2)15-9-13-7-8-14(10-15)21-13/h3-6,11,13-15,21H,7-10H2,1-2H3. The van der Waals surface area contributed by atoms with Crippen LogP contribution in [-0.2, 0) is 0 Å². The molecule has 2 aliphatic rings. The van der Waals surface area contributed by atoms with Crippen LogP contribution in [0.1, 0.15) is 41.6 Å². The summed E-state index contributed by atoms with van der Waals surface area (Å²) in [5.41, 5.74) is 2.71. The van der Waals surface area contributed by atoms with Crippen LogP contribution in [0.2, 0.25) is 0 Å². The van der Waals surface area contributed by atoms with E-state index in [0.717, 1.165) is 34.9 Å². The number of aromatic nitrogens is 1. The SMILES string of the molecule is Cc1c(C(=O)N(C)C2CC3CCC(C2)N3)cnc2ccccc12. The second-order valence-electron chi connectivity index (χ2n) is 6.99. The summed E-state index contributed by atoms with van der Waals surface area (Å²) >= 11 is 0. The van der Waals surface area contributed by atoms with Crippen LogP contribution in [0.5, 0.6) is 0 Å². The Bertz CT molecular complexity index is 745. The lowest BCUT2D eigenvalue weighted by Gasteiger charge is -2.35. The van der Waals surface area contributed by atoms with Crippen molar-refractivity contribution in [1.82, 2.24) is 15.2 Å². The minimum absolute atomic E-state index is 0.104. The third kappa shape index (κ3) is 2.51. The molecule has 120 valence electrons. The first-order valence-electron chi connectivity index (χ1n) is 8.51. The van der Waals surface area contributed by atoms with Gasteiger partial charge in [0.25, 0.3) is 5.91 Å². The van der Waals surface area contributed by atoms with Crippen LogP contribution in [0.15, 0.2) is 30.5 Å². The number of benzene rings is 1. The third-order valence-corrected chi connectivity index (χ3v) is 5.59. The summed E-state index contributed by atoms with van der Waals surface area (Å²) < 4.78 is 0. The lowest BCUT2D eigenvalue weighted by Crippen LogP contribution is -2.48. The van der Waals surface area contributed by atoms with Gasteiger partial charge >= 0.3 is 0 Å². The van der Waals surface area contributed by atoms with Gasteiger partial charge < -0.3 is 10.2 Å². The molecule has 4 nitrogen and oxygen atoms in total. The molecule has 0 spiro atoms. The van der Waals surface area contributed by atoms with Gasteiger partial charge in [-0.1, -0.05) is 18.2 Å². The molecule has 23 heavy (non-hydrogen) atoms. The van der Waals surface area contributed by atoms with E-state index in [-0.39, 0.29) is 5.91 Å². The van der Waals surface area contributed by atoms with Gasteiger partial charge in [-0.25, -0.2) is 0 Å². The van der Waals surface area contributed by atoms with Crippen molar-refractivity contribution in [2.75, 3.05) is 7.05 Å². The number of amides is 1. The quantitative estimate of drug-likeness (QED) is 0.928. The van der Waals surface area contributed by atoms with Crippen LogP contribution in [0.4, 0.5) is 0 Å². The molecule has 1 aromatic heterocycles. The Balaban J connectivity index is 1.62. The number of carbonyl (C=O) groups is 1. The summed E-state index contributed by atoms with van der Waals surface area (Å²) in [6.45, 7) is 2.03. The number of hydrogen-bond donors (Lipinski definition) is 1. The highest BCUT2D eigenvalue weighted by Crippen LogP contribution is 2.30. The van der Waals surface area contributed by atoms with Crippen molar-refractivity contribution in [3.05, 3.63) is 41.6 Å². The maximum Gasteiger partial charge on any atom is 0.255 e. The molecule has 2 saturated heterocycles. The highest BCUT2D eigenvalue weighted by Gasteiger charge is 2.36. The van der Waals surface area contributed by atoms with E-state index in [1.807, 2.05) is 43.1 Å². The molecule has 1 aromatic carbocycles. The van der Waals surface area contributed by atoms with Gasteiger partial charge in [0.05, 0.1) is 11.1 Å². The fraction of sp³-hybridized carbons (Fsp3) is 0.474. The number of para-hydroxylation sites is 1. The number of hydrogen-bond acceptors (Lipinski definition) is 3. The van der Waals surface area contributed by atoms with Crippen LogP contribution in [0.25, 0.3) is 10.9 Å². The lowest BCUT2D eigenvalue weighted by atomic mass is 9.97. The predicted octanol–water partition coefficient (Wildman–Crippen LogP) is 2.90. The molecule has 2 atom stereocenters. The number of pyridine rings is 1. The van der Waals surface area contributed by atoms with E-state index in [4.69, 9.17) is 0 Å². The Kier molecular flexibility index (Phi) is 3.57. The van der Waals surface area contributed by atoms with E-state index in [0.29, 0.717) is 18.1 Å². The molecular weight excluding hydrogens is 286 g/mol. The molecule has 2 aromatic rings. The maximum atomic E-state index is 13.0. The number of piperidine rings is 1. The van der Waals surface area contributed by atoms with Crippen LogP contribution in [0, 0.1) is 6.92 Å². The van der Waals surface area contributed by atoms with Crippen molar-refractivity contribution in [3.63, 3.8) is 0 Å². The minimum atomic E-state index is 0.104. The molecule has 2 aliphatic heterocycles. The van der Waals surface area contributed by atoms with Gasteiger partial charge in [-0.05, 0) is 44.2 Å². The van der Waals surface area contributed by atoms with Crippen LogP contribution in [-0.4, -0.2) is 41.0 Å². The number of rotatable bonds is 2. The summed E-state index contributed by atoms with van der Waals surface area (Å²) in [7, 11) is 1.95. The Morgan fingerprint density at radius 3 is 2.65 bits per heavy atom. The number of fused-ring (bicyclic) bond motifs is 3. The number of nitrogens with one attached hydrogen (secondary N) is 1. The van der Waals surface area contributed by atoms with Crippen molar-refractivity contribution in [1.29, 1.82) is 0 Å². The summed E-state index contributed by atoms with van der Waals surface area (Å²) in [6, 6.07) is 9.53. The van der Waals surface area contributed by atoms with E-state index >= 15 is 0 Å². The third-order valence-electron chi connectivity index (χ3n) is 5.59. The summed E-state index contributed by atoms with van der Waals surface area (Å²) in [5, 5.41) is 4.71. The molecule has 2 bridgehead atoms. The first-order chi connectivity index (χ1) is 11.1. The predicted molar refractivity (Wildman–Crippen MR) is 91.5 cm³/mol. The molecular formula is C19H23N3O. The molecule has 4 heteroatoms. The molecule has 0 aliphatic carbocycles. The smallest absolute Gasteiger partial charge is 0.255 e. The first-order valence-corrected chi connectivity index (χ1v) is 8.51. The van der Waals surface area contributed by atoms with Crippen LogP contribution < -0.4 is 5.32 Å². The van der Waals surface area contributed by atoms with E-state index in [2.05, 4.69) is 10.3 Å².